The zero-order valence-electron chi connectivity index (χ0n) is 21.6. The molecule has 0 aliphatic rings. The molecule has 0 saturated carbocycles. The number of hydrogen-bond acceptors (Lipinski definition) is 6. The molecule has 0 radical (unpaired) electrons. The number of ether oxygens (including phenoxy) is 1. The Hall–Kier alpha value is -1.18. The van der Waals surface area contributed by atoms with Crippen LogP contribution in [0.4, 0.5) is 0 Å². The van der Waals surface area contributed by atoms with Gasteiger partial charge >= 0.3 is 5.97 Å². The number of carbonyl (C=O) groups is 2. The normalized spacial score (nSPS) is 10.7. The minimum atomic E-state index is -0.833. The molecule has 0 rings (SSSR count). The monoisotopic (exact) mass is 475 g/mol. The van der Waals surface area contributed by atoms with Gasteiger partial charge in [-0.1, -0.05) is 96.8 Å². The van der Waals surface area contributed by atoms with Crippen LogP contribution in [0.25, 0.3) is 0 Å². The number of aliphatic hydroxyl groups is 2. The van der Waals surface area contributed by atoms with Crippen molar-refractivity contribution in [2.75, 3.05) is 39.5 Å². The Labute approximate surface area is 202 Å². The van der Waals surface area contributed by atoms with Gasteiger partial charge in [0.05, 0.1) is 13.2 Å². The van der Waals surface area contributed by atoms with Gasteiger partial charge < -0.3 is 20.1 Å². The highest BCUT2D eigenvalue weighted by atomic mass is 16.5. The number of carbonyl (C=O) groups excluding carboxylic acids is 1. The third-order valence-corrected chi connectivity index (χ3v) is 5.49. The van der Waals surface area contributed by atoms with E-state index >= 15 is 0 Å². The zero-order chi connectivity index (χ0) is 25.0. The largest absolute Gasteiger partial charge is 0.481 e. The molecule has 0 amide bonds. The van der Waals surface area contributed by atoms with Crippen LogP contribution in [0.2, 0.25) is 0 Å². The lowest BCUT2D eigenvalue weighted by Gasteiger charge is -2.19. The number of aliphatic hydroxyl groups excluding tert-OH is 2. The molecule has 7 nitrogen and oxygen atoms in total. The first-order valence-electron chi connectivity index (χ1n) is 13.3. The van der Waals surface area contributed by atoms with Gasteiger partial charge in [-0.15, -0.1) is 0 Å². The highest BCUT2D eigenvalue weighted by Gasteiger charge is 2.06. The van der Waals surface area contributed by atoms with Crippen LogP contribution in [0, 0.1) is 0 Å². The molecule has 0 spiro atoms. The van der Waals surface area contributed by atoms with Crippen molar-refractivity contribution in [3.05, 3.63) is 0 Å². The van der Waals surface area contributed by atoms with Gasteiger partial charge in [0.15, 0.2) is 0 Å². The van der Waals surface area contributed by atoms with E-state index in [1.807, 2.05) is 4.90 Å². The molecule has 0 unspecified atom stereocenters. The van der Waals surface area contributed by atoms with Crippen LogP contribution in [0.15, 0.2) is 0 Å². The summed E-state index contributed by atoms with van der Waals surface area (Å²) in [6.07, 6.45) is 20.3. The first kappa shape index (κ1) is 34.0. The maximum atomic E-state index is 11.7. The predicted molar refractivity (Wildman–Crippen MR) is 134 cm³/mol. The van der Waals surface area contributed by atoms with Crippen molar-refractivity contribution in [1.29, 1.82) is 0 Å². The van der Waals surface area contributed by atoms with Crippen LogP contribution in [0.1, 0.15) is 117 Å². The van der Waals surface area contributed by atoms with Crippen LogP contribution in [0.3, 0.4) is 0 Å². The number of carboxylic acids is 1. The summed E-state index contributed by atoms with van der Waals surface area (Å²) in [7, 11) is 0. The number of aliphatic carboxylic acids is 1. The number of carboxylic acid groups (broad SMARTS) is 1. The van der Waals surface area contributed by atoms with Gasteiger partial charge in [-0.25, -0.2) is 0 Å². The van der Waals surface area contributed by atoms with E-state index in [9.17, 15) is 4.79 Å². The molecule has 0 aromatic rings. The number of hydrogen-bond donors (Lipinski definition) is 3. The molecular formula is C26H53NO6. The fourth-order valence-electron chi connectivity index (χ4n) is 3.62. The lowest BCUT2D eigenvalue weighted by molar-refractivity contribution is -0.144. The Morgan fingerprint density at radius 1 is 0.667 bits per heavy atom. The smallest absolute Gasteiger partial charge is 0.305 e. The van der Waals surface area contributed by atoms with Gasteiger partial charge in [-0.2, -0.15) is 0 Å². The van der Waals surface area contributed by atoms with Gasteiger partial charge in [0.2, 0.25) is 0 Å². The molecule has 0 atom stereocenters. The summed E-state index contributed by atoms with van der Waals surface area (Å²) in [6.45, 7) is 5.34. The lowest BCUT2D eigenvalue weighted by Crippen LogP contribution is -2.33. The molecule has 0 fully saturated rings. The van der Waals surface area contributed by atoms with Gasteiger partial charge in [0, 0.05) is 33.0 Å². The molecule has 7 heteroatoms. The summed E-state index contributed by atoms with van der Waals surface area (Å²) in [5, 5.41) is 25.3. The molecule has 3 N–H and O–H groups in total. The fourth-order valence-corrected chi connectivity index (χ4v) is 3.62. The van der Waals surface area contributed by atoms with Gasteiger partial charge in [-0.3, -0.25) is 14.5 Å². The van der Waals surface area contributed by atoms with E-state index in [4.69, 9.17) is 24.9 Å². The van der Waals surface area contributed by atoms with E-state index in [1.165, 1.54) is 83.5 Å². The molecule has 0 aliphatic heterocycles. The van der Waals surface area contributed by atoms with E-state index in [-0.39, 0.29) is 19.2 Å². The minimum Gasteiger partial charge on any atom is -0.481 e. The van der Waals surface area contributed by atoms with Crippen molar-refractivity contribution in [3.63, 3.8) is 0 Å². The standard InChI is InChI=1S/C24H49NO4.C2H4O2/c1-2-3-4-5-6-7-8-9-10-11-12-13-14-15-16-17-24(28)29-23-20-25(18-21-26)19-22-27;1-2(3)4/h26-27H,2-23H2,1H3;1H3,(H,3,4). The summed E-state index contributed by atoms with van der Waals surface area (Å²) in [6, 6.07) is 0. The highest BCUT2D eigenvalue weighted by Crippen LogP contribution is 2.13. The summed E-state index contributed by atoms with van der Waals surface area (Å²) in [5.74, 6) is -0.965. The average molecular weight is 476 g/mol. The molecular weight excluding hydrogens is 422 g/mol. The average Bonchev–Trinajstić information content (AvgIpc) is 2.76. The Bertz CT molecular complexity index is 410. The quantitative estimate of drug-likeness (QED) is 0.138. The minimum absolute atomic E-state index is 0.0487. The molecule has 0 heterocycles. The second kappa shape index (κ2) is 28.9. The Morgan fingerprint density at radius 3 is 1.39 bits per heavy atom. The van der Waals surface area contributed by atoms with Crippen LogP contribution in [-0.4, -0.2) is 71.6 Å². The summed E-state index contributed by atoms with van der Waals surface area (Å²) in [5.41, 5.74) is 0. The maximum Gasteiger partial charge on any atom is 0.305 e. The van der Waals surface area contributed by atoms with Crippen molar-refractivity contribution < 1.29 is 29.6 Å². The van der Waals surface area contributed by atoms with Gasteiger partial charge in [0.1, 0.15) is 6.61 Å². The van der Waals surface area contributed by atoms with Gasteiger partial charge in [0.25, 0.3) is 5.97 Å². The Balaban J connectivity index is 0. The molecule has 0 aliphatic carbocycles. The third-order valence-electron chi connectivity index (χ3n) is 5.49. The van der Waals surface area contributed by atoms with Crippen molar-refractivity contribution >= 4 is 11.9 Å². The summed E-state index contributed by atoms with van der Waals surface area (Å²) in [4.78, 5) is 22.6. The van der Waals surface area contributed by atoms with Crippen molar-refractivity contribution in [3.8, 4) is 0 Å². The zero-order valence-corrected chi connectivity index (χ0v) is 21.6. The molecule has 198 valence electrons. The van der Waals surface area contributed by atoms with E-state index in [1.54, 1.807) is 0 Å². The number of nitrogens with zero attached hydrogens (tertiary/aromatic N) is 1. The van der Waals surface area contributed by atoms with Crippen molar-refractivity contribution in [2.45, 2.75) is 117 Å². The number of esters is 1. The summed E-state index contributed by atoms with van der Waals surface area (Å²) < 4.78 is 5.24. The second-order valence-electron chi connectivity index (χ2n) is 8.73. The second-order valence-corrected chi connectivity index (χ2v) is 8.73. The topological polar surface area (TPSA) is 107 Å². The van der Waals surface area contributed by atoms with E-state index in [2.05, 4.69) is 6.92 Å². The molecule has 0 bridgehead atoms. The SMILES string of the molecule is CC(=O)O.CCCCCCCCCCCCCCCCCC(=O)OCCN(CCO)CCO. The third kappa shape index (κ3) is 33.1. The van der Waals surface area contributed by atoms with Gasteiger partial charge in [-0.05, 0) is 6.42 Å². The number of rotatable bonds is 23. The van der Waals surface area contributed by atoms with E-state index < -0.39 is 5.97 Å². The molecule has 0 aromatic heterocycles. The predicted octanol–water partition coefficient (Wildman–Crippen LogP) is 5.17. The Kier molecular flexibility index (Phi) is 29.7. The molecule has 0 saturated heterocycles. The molecule has 0 aromatic carbocycles. The van der Waals surface area contributed by atoms with Crippen LogP contribution < -0.4 is 0 Å². The Morgan fingerprint density at radius 2 is 1.03 bits per heavy atom. The fraction of sp³-hybridized carbons (Fsp3) is 0.923. The van der Waals surface area contributed by atoms with E-state index in [0.717, 1.165) is 19.8 Å². The van der Waals surface area contributed by atoms with Crippen molar-refractivity contribution in [2.24, 2.45) is 0 Å². The first-order chi connectivity index (χ1) is 16.0. The molecule has 33 heavy (non-hydrogen) atoms. The van der Waals surface area contributed by atoms with Crippen LogP contribution in [0.5, 0.6) is 0 Å². The van der Waals surface area contributed by atoms with E-state index in [0.29, 0.717) is 32.7 Å². The summed E-state index contributed by atoms with van der Waals surface area (Å²) >= 11 is 0. The van der Waals surface area contributed by atoms with Crippen LogP contribution >= 0.6 is 0 Å². The lowest BCUT2D eigenvalue weighted by atomic mass is 10.0. The van der Waals surface area contributed by atoms with Crippen LogP contribution in [-0.2, 0) is 14.3 Å². The van der Waals surface area contributed by atoms with Crippen molar-refractivity contribution in [1.82, 2.24) is 4.90 Å². The number of unbranched alkanes of at least 4 members (excludes halogenated alkanes) is 14. The first-order valence-corrected chi connectivity index (χ1v) is 13.3. The maximum absolute atomic E-state index is 11.7. The highest BCUT2D eigenvalue weighted by molar-refractivity contribution is 5.69.